The van der Waals surface area contributed by atoms with E-state index in [0.29, 0.717) is 5.56 Å². The third-order valence-corrected chi connectivity index (χ3v) is 2.10. The van der Waals surface area contributed by atoms with Crippen LogP contribution in [0.3, 0.4) is 0 Å². The summed E-state index contributed by atoms with van der Waals surface area (Å²) in [4.78, 5) is 0. The van der Waals surface area contributed by atoms with Crippen LogP contribution in [0.15, 0.2) is 18.2 Å². The lowest BCUT2D eigenvalue weighted by Gasteiger charge is -2.23. The van der Waals surface area contributed by atoms with Gasteiger partial charge in [-0.05, 0) is 19.4 Å². The van der Waals surface area contributed by atoms with Crippen LogP contribution in [0, 0.1) is 13.8 Å². The summed E-state index contributed by atoms with van der Waals surface area (Å²) < 4.78 is 50.7. The molecular weight excluding hydrogens is 212 g/mol. The lowest BCUT2D eigenvalue weighted by Crippen LogP contribution is -2.38. The van der Waals surface area contributed by atoms with Gasteiger partial charge < -0.3 is 5.11 Å². The van der Waals surface area contributed by atoms with E-state index in [1.807, 2.05) is 0 Å². The molecule has 15 heavy (non-hydrogen) atoms. The SMILES string of the molecule is Cc1ccc(C(F)(F)C(O)(F)F)c(C)c1. The van der Waals surface area contributed by atoms with Crippen LogP contribution in [0.1, 0.15) is 16.7 Å². The van der Waals surface area contributed by atoms with E-state index in [1.165, 1.54) is 19.1 Å². The van der Waals surface area contributed by atoms with Gasteiger partial charge in [-0.2, -0.15) is 17.6 Å². The standard InChI is InChI=1S/C10H10F4O/c1-6-3-4-8(7(2)5-6)9(11,12)10(13,14)15/h3-5,15H,1-2H3. The first kappa shape index (κ1) is 12.0. The fraction of sp³-hybridized carbons (Fsp3) is 0.400. The van der Waals surface area contributed by atoms with E-state index in [4.69, 9.17) is 5.11 Å². The predicted octanol–water partition coefficient (Wildman–Crippen LogP) is 2.98. The summed E-state index contributed by atoms with van der Waals surface area (Å²) in [5.74, 6) is -4.56. The summed E-state index contributed by atoms with van der Waals surface area (Å²) in [7, 11) is 0. The monoisotopic (exact) mass is 222 g/mol. The van der Waals surface area contributed by atoms with Crippen molar-refractivity contribution in [1.29, 1.82) is 0 Å². The van der Waals surface area contributed by atoms with Crippen molar-refractivity contribution >= 4 is 0 Å². The van der Waals surface area contributed by atoms with Crippen molar-refractivity contribution < 1.29 is 22.7 Å². The smallest absolute Gasteiger partial charge is 0.331 e. The summed E-state index contributed by atoms with van der Waals surface area (Å²) in [5.41, 5.74) is -0.150. The van der Waals surface area contributed by atoms with E-state index in [0.717, 1.165) is 6.07 Å². The van der Waals surface area contributed by atoms with Gasteiger partial charge in [0.15, 0.2) is 0 Å². The second-order valence-corrected chi connectivity index (χ2v) is 3.43. The van der Waals surface area contributed by atoms with Gasteiger partial charge in [0, 0.05) is 5.56 Å². The number of hydrogen-bond donors (Lipinski definition) is 1. The molecule has 1 aromatic carbocycles. The van der Waals surface area contributed by atoms with Gasteiger partial charge in [-0.15, -0.1) is 0 Å². The number of aliphatic hydroxyl groups is 1. The lowest BCUT2D eigenvalue weighted by molar-refractivity contribution is -0.332. The molecule has 0 bridgehead atoms. The normalized spacial score (nSPS) is 13.0. The van der Waals surface area contributed by atoms with Crippen molar-refractivity contribution in [2.45, 2.75) is 25.9 Å². The molecule has 0 spiro atoms. The Labute approximate surface area is 84.3 Å². The molecule has 0 amide bonds. The molecule has 0 heterocycles. The van der Waals surface area contributed by atoms with Gasteiger partial charge in [0.1, 0.15) is 0 Å². The summed E-state index contributed by atoms with van der Waals surface area (Å²) in [6.07, 6.45) is -5.05. The molecule has 0 fully saturated rings. The highest BCUT2D eigenvalue weighted by molar-refractivity contribution is 5.34. The van der Waals surface area contributed by atoms with Crippen LogP contribution in [0.2, 0.25) is 0 Å². The fourth-order valence-electron chi connectivity index (χ4n) is 1.33. The minimum atomic E-state index is -5.05. The van der Waals surface area contributed by atoms with Crippen LogP contribution in [0.25, 0.3) is 0 Å². The van der Waals surface area contributed by atoms with Crippen molar-refractivity contribution in [3.63, 3.8) is 0 Å². The van der Waals surface area contributed by atoms with Crippen molar-refractivity contribution in [2.24, 2.45) is 0 Å². The quantitative estimate of drug-likeness (QED) is 0.762. The third kappa shape index (κ3) is 2.12. The topological polar surface area (TPSA) is 20.2 Å². The molecule has 1 rings (SSSR count). The maximum atomic E-state index is 13.1. The molecule has 0 saturated heterocycles. The van der Waals surface area contributed by atoms with Crippen LogP contribution < -0.4 is 0 Å². The van der Waals surface area contributed by atoms with Gasteiger partial charge in [-0.1, -0.05) is 23.8 Å². The zero-order valence-electron chi connectivity index (χ0n) is 8.19. The Morgan fingerprint density at radius 1 is 1.07 bits per heavy atom. The molecule has 0 aromatic heterocycles. The molecule has 0 aliphatic rings. The minimum absolute atomic E-state index is 0.0220. The van der Waals surface area contributed by atoms with Gasteiger partial charge in [-0.3, -0.25) is 0 Å². The van der Waals surface area contributed by atoms with Crippen molar-refractivity contribution in [1.82, 2.24) is 0 Å². The molecule has 5 heteroatoms. The Hall–Kier alpha value is -1.10. The number of benzene rings is 1. The summed E-state index contributed by atoms with van der Waals surface area (Å²) in [5, 5.41) is 8.11. The summed E-state index contributed by atoms with van der Waals surface area (Å²) >= 11 is 0. The summed E-state index contributed by atoms with van der Waals surface area (Å²) in [6.45, 7) is 2.95. The van der Waals surface area contributed by atoms with E-state index in [1.54, 1.807) is 6.92 Å². The highest BCUT2D eigenvalue weighted by atomic mass is 19.3. The molecule has 0 aliphatic carbocycles. The van der Waals surface area contributed by atoms with Gasteiger partial charge >= 0.3 is 12.0 Å². The minimum Gasteiger partial charge on any atom is -0.331 e. The average molecular weight is 222 g/mol. The predicted molar refractivity (Wildman–Crippen MR) is 47.0 cm³/mol. The van der Waals surface area contributed by atoms with Crippen LogP contribution >= 0.6 is 0 Å². The molecule has 1 nitrogen and oxygen atoms in total. The Morgan fingerprint density at radius 3 is 2.00 bits per heavy atom. The molecule has 0 radical (unpaired) electrons. The third-order valence-electron chi connectivity index (χ3n) is 2.10. The Morgan fingerprint density at radius 2 is 1.60 bits per heavy atom. The molecule has 0 saturated carbocycles. The van der Waals surface area contributed by atoms with E-state index >= 15 is 0 Å². The van der Waals surface area contributed by atoms with Gasteiger partial charge in [0.25, 0.3) is 0 Å². The first-order chi connectivity index (χ1) is 6.66. The largest absolute Gasteiger partial charge is 0.421 e. The summed E-state index contributed by atoms with van der Waals surface area (Å²) in [6, 6.07) is 3.55. The maximum absolute atomic E-state index is 13.1. The van der Waals surface area contributed by atoms with Gasteiger partial charge in [-0.25, -0.2) is 0 Å². The Kier molecular flexibility index (Phi) is 2.78. The van der Waals surface area contributed by atoms with E-state index < -0.39 is 17.6 Å². The zero-order valence-corrected chi connectivity index (χ0v) is 8.19. The second-order valence-electron chi connectivity index (χ2n) is 3.43. The lowest BCUT2D eigenvalue weighted by atomic mass is 10.00. The molecule has 0 atom stereocenters. The Bertz CT molecular complexity index is 368. The van der Waals surface area contributed by atoms with Crippen molar-refractivity contribution in [3.05, 3.63) is 34.9 Å². The molecule has 1 N–H and O–H groups in total. The van der Waals surface area contributed by atoms with E-state index in [9.17, 15) is 17.6 Å². The highest BCUT2D eigenvalue weighted by Crippen LogP contribution is 2.42. The molecule has 1 aromatic rings. The fourth-order valence-corrected chi connectivity index (χ4v) is 1.33. The first-order valence-electron chi connectivity index (χ1n) is 4.22. The van der Waals surface area contributed by atoms with Crippen LogP contribution in [-0.4, -0.2) is 11.2 Å². The highest BCUT2D eigenvalue weighted by Gasteiger charge is 2.57. The van der Waals surface area contributed by atoms with Crippen molar-refractivity contribution in [3.8, 4) is 0 Å². The van der Waals surface area contributed by atoms with Crippen LogP contribution in [0.4, 0.5) is 17.6 Å². The number of aryl methyl sites for hydroxylation is 2. The Balaban J connectivity index is 3.28. The van der Waals surface area contributed by atoms with Crippen molar-refractivity contribution in [2.75, 3.05) is 0 Å². The van der Waals surface area contributed by atoms with E-state index in [-0.39, 0.29) is 5.56 Å². The van der Waals surface area contributed by atoms with Crippen LogP contribution in [0.5, 0.6) is 0 Å². The number of rotatable bonds is 2. The molecular formula is C10H10F4O. The van der Waals surface area contributed by atoms with Crippen LogP contribution in [-0.2, 0) is 5.92 Å². The number of halogens is 4. The second kappa shape index (κ2) is 3.48. The molecule has 0 aliphatic heterocycles. The number of alkyl halides is 4. The maximum Gasteiger partial charge on any atom is 0.421 e. The van der Waals surface area contributed by atoms with Gasteiger partial charge in [0.2, 0.25) is 0 Å². The zero-order chi connectivity index (χ0) is 11.9. The number of hydrogen-bond acceptors (Lipinski definition) is 1. The first-order valence-corrected chi connectivity index (χ1v) is 4.22. The van der Waals surface area contributed by atoms with Gasteiger partial charge in [0.05, 0.1) is 0 Å². The molecule has 0 unspecified atom stereocenters. The van der Waals surface area contributed by atoms with E-state index in [2.05, 4.69) is 0 Å². The molecule has 84 valence electrons. The average Bonchev–Trinajstić information content (AvgIpc) is 2.00.